The van der Waals surface area contributed by atoms with E-state index in [4.69, 9.17) is 16.7 Å². The number of thiazole rings is 1. The molecule has 12 nitrogen and oxygen atoms in total. The molecule has 3 heterocycles. The number of amides is 2. The highest BCUT2D eigenvalue weighted by Gasteiger charge is 2.34. The SMILES string of the molecule is CC(NC(=O)c1cc(NS(N)(=O)=O)ncn1)c1ncc(C(=O)Nc2cc(C(F)(F)F)c(Cl)cn2)s1. The predicted octanol–water partition coefficient (Wildman–Crippen LogP) is 2.36. The summed E-state index contributed by atoms with van der Waals surface area (Å²) in [7, 11) is -4.11. The van der Waals surface area contributed by atoms with Crippen LogP contribution in [0.1, 0.15) is 43.7 Å². The minimum absolute atomic E-state index is 0.0353. The van der Waals surface area contributed by atoms with Gasteiger partial charge >= 0.3 is 6.18 Å². The lowest BCUT2D eigenvalue weighted by molar-refractivity contribution is -0.137. The van der Waals surface area contributed by atoms with E-state index < -0.39 is 44.8 Å². The van der Waals surface area contributed by atoms with E-state index in [0.29, 0.717) is 11.1 Å². The van der Waals surface area contributed by atoms with Gasteiger partial charge < -0.3 is 10.6 Å². The van der Waals surface area contributed by atoms with Crippen molar-refractivity contribution in [3.63, 3.8) is 0 Å². The number of anilines is 2. The van der Waals surface area contributed by atoms with Crippen LogP contribution >= 0.6 is 22.9 Å². The topological polar surface area (TPSA) is 182 Å². The second-order valence-corrected chi connectivity index (χ2v) is 9.46. The van der Waals surface area contributed by atoms with Gasteiger partial charge in [0.15, 0.2) is 0 Å². The van der Waals surface area contributed by atoms with E-state index in [1.807, 2.05) is 4.72 Å². The summed E-state index contributed by atoms with van der Waals surface area (Å²) in [5.41, 5.74) is -1.33. The van der Waals surface area contributed by atoms with Gasteiger partial charge in [-0.2, -0.15) is 21.6 Å². The quantitative estimate of drug-likeness (QED) is 0.345. The van der Waals surface area contributed by atoms with Crippen molar-refractivity contribution in [2.45, 2.75) is 19.1 Å². The molecule has 3 aromatic heterocycles. The molecule has 3 aromatic rings. The van der Waals surface area contributed by atoms with Gasteiger partial charge in [-0.25, -0.2) is 25.1 Å². The average molecular weight is 551 g/mol. The van der Waals surface area contributed by atoms with E-state index in [0.717, 1.165) is 29.9 Å². The third-order valence-electron chi connectivity index (χ3n) is 4.01. The summed E-state index contributed by atoms with van der Waals surface area (Å²) < 4.78 is 63.1. The highest BCUT2D eigenvalue weighted by Crippen LogP contribution is 2.35. The number of nitrogens with one attached hydrogen (secondary N) is 3. The highest BCUT2D eigenvalue weighted by atomic mass is 35.5. The minimum Gasteiger partial charge on any atom is -0.342 e. The molecule has 3 rings (SSSR count). The fourth-order valence-electron chi connectivity index (χ4n) is 2.51. The number of carbonyl (C=O) groups is 2. The molecule has 0 saturated carbocycles. The summed E-state index contributed by atoms with van der Waals surface area (Å²) in [5, 5.41) is 9.33. The Bertz CT molecular complexity index is 1380. The van der Waals surface area contributed by atoms with Crippen LogP contribution in [-0.2, 0) is 16.4 Å². The van der Waals surface area contributed by atoms with Crippen LogP contribution in [0.25, 0.3) is 0 Å². The van der Waals surface area contributed by atoms with E-state index >= 15 is 0 Å². The summed E-state index contributed by atoms with van der Waals surface area (Å²) in [5.74, 6) is -2.07. The number of aromatic nitrogens is 4. The third-order valence-corrected chi connectivity index (χ3v) is 5.99. The number of hydrogen-bond donors (Lipinski definition) is 4. The van der Waals surface area contributed by atoms with E-state index in [2.05, 4.69) is 30.6 Å². The maximum atomic E-state index is 13.0. The Balaban J connectivity index is 1.68. The van der Waals surface area contributed by atoms with Gasteiger partial charge in [0, 0.05) is 12.3 Å². The van der Waals surface area contributed by atoms with Crippen molar-refractivity contribution >= 4 is 56.6 Å². The normalized spacial score (nSPS) is 12.6. The van der Waals surface area contributed by atoms with Gasteiger partial charge in [0.1, 0.15) is 33.5 Å². The zero-order valence-corrected chi connectivity index (χ0v) is 19.7. The molecular formula is C17H14ClF3N8O4S2. The average Bonchev–Trinajstić information content (AvgIpc) is 3.24. The number of pyridine rings is 1. The molecule has 0 aliphatic heterocycles. The molecule has 0 radical (unpaired) electrons. The Labute approximate surface area is 204 Å². The summed E-state index contributed by atoms with van der Waals surface area (Å²) in [4.78, 5) is 40.0. The van der Waals surface area contributed by atoms with Gasteiger partial charge in [-0.1, -0.05) is 11.6 Å². The molecule has 186 valence electrons. The predicted molar refractivity (Wildman–Crippen MR) is 119 cm³/mol. The standard InChI is InChI=1S/C17H14ClF3N8O4S2/c1-7(27-14(30)10-3-13(26-6-25-10)29-35(22,32)33)16-24-5-11(34-16)15(31)28-12-2-8(17(19,20)21)9(18)4-23-12/h2-7H,1H3,(H,27,30)(H2,22,32,33)(H,23,28,31)(H,25,26,29). The number of nitrogens with two attached hydrogens (primary N) is 1. The van der Waals surface area contributed by atoms with Crippen LogP contribution in [0.4, 0.5) is 24.8 Å². The number of hydrogen-bond acceptors (Lipinski definition) is 9. The number of alkyl halides is 3. The molecule has 0 saturated heterocycles. The van der Waals surface area contributed by atoms with Gasteiger partial charge in [0.05, 0.1) is 22.8 Å². The van der Waals surface area contributed by atoms with Gasteiger partial charge in [0.25, 0.3) is 22.0 Å². The summed E-state index contributed by atoms with van der Waals surface area (Å²) in [6.45, 7) is 1.56. The van der Waals surface area contributed by atoms with Crippen LogP contribution in [0.15, 0.2) is 30.9 Å². The Hall–Kier alpha value is -3.41. The maximum Gasteiger partial charge on any atom is 0.418 e. The molecule has 0 aliphatic carbocycles. The molecule has 5 N–H and O–H groups in total. The lowest BCUT2D eigenvalue weighted by atomic mass is 10.2. The summed E-state index contributed by atoms with van der Waals surface area (Å²) in [6, 6.07) is 0.942. The molecule has 0 aromatic carbocycles. The molecule has 0 spiro atoms. The molecule has 18 heteroatoms. The number of carbonyl (C=O) groups excluding carboxylic acids is 2. The highest BCUT2D eigenvalue weighted by molar-refractivity contribution is 7.90. The largest absolute Gasteiger partial charge is 0.418 e. The van der Waals surface area contributed by atoms with E-state index in [1.54, 1.807) is 6.92 Å². The van der Waals surface area contributed by atoms with E-state index in [1.165, 1.54) is 6.20 Å². The number of nitrogens with zero attached hydrogens (tertiary/aromatic N) is 4. The zero-order valence-electron chi connectivity index (χ0n) is 17.3. The lowest BCUT2D eigenvalue weighted by Crippen LogP contribution is -2.28. The number of rotatable bonds is 7. The van der Waals surface area contributed by atoms with E-state index in [9.17, 15) is 31.2 Å². The van der Waals surface area contributed by atoms with E-state index in [-0.39, 0.29) is 22.2 Å². The smallest absolute Gasteiger partial charge is 0.342 e. The molecule has 0 bridgehead atoms. The number of halogens is 4. The minimum atomic E-state index is -4.73. The fourth-order valence-corrected chi connectivity index (χ4v) is 3.94. The van der Waals surface area contributed by atoms with Gasteiger partial charge in [-0.05, 0) is 13.0 Å². The maximum absolute atomic E-state index is 13.0. The third kappa shape index (κ3) is 7.04. The van der Waals surface area contributed by atoms with Crippen molar-refractivity contribution in [1.29, 1.82) is 0 Å². The Morgan fingerprint density at radius 1 is 1.09 bits per heavy atom. The zero-order chi connectivity index (χ0) is 26.0. The van der Waals surface area contributed by atoms with Crippen LogP contribution in [0, 0.1) is 0 Å². The Morgan fingerprint density at radius 3 is 2.46 bits per heavy atom. The van der Waals surface area contributed by atoms with Gasteiger partial charge in [-0.15, -0.1) is 11.3 Å². The molecule has 35 heavy (non-hydrogen) atoms. The molecule has 1 atom stereocenters. The second-order valence-electron chi connectivity index (χ2n) is 6.69. The fraction of sp³-hybridized carbons (Fsp3) is 0.176. The van der Waals surface area contributed by atoms with Crippen molar-refractivity contribution in [1.82, 2.24) is 25.3 Å². The van der Waals surface area contributed by atoms with Gasteiger partial charge in [0.2, 0.25) is 0 Å². The molecule has 1 unspecified atom stereocenters. The van der Waals surface area contributed by atoms with Crippen LogP contribution in [0.2, 0.25) is 5.02 Å². The monoisotopic (exact) mass is 550 g/mol. The molecule has 2 amide bonds. The van der Waals surface area contributed by atoms with Crippen molar-refractivity contribution in [2.75, 3.05) is 10.0 Å². The van der Waals surface area contributed by atoms with Crippen molar-refractivity contribution in [3.05, 3.63) is 57.0 Å². The first kappa shape index (κ1) is 26.2. The molecular weight excluding hydrogens is 537 g/mol. The lowest BCUT2D eigenvalue weighted by Gasteiger charge is -2.11. The van der Waals surface area contributed by atoms with Crippen molar-refractivity contribution < 1.29 is 31.2 Å². The van der Waals surface area contributed by atoms with Gasteiger partial charge in [-0.3, -0.25) is 14.3 Å². The second kappa shape index (κ2) is 10.1. The van der Waals surface area contributed by atoms with Crippen LogP contribution < -0.4 is 20.5 Å². The Kier molecular flexibility index (Phi) is 7.53. The molecule has 0 fully saturated rings. The van der Waals surface area contributed by atoms with Crippen LogP contribution in [0.3, 0.4) is 0 Å². The summed E-state index contributed by atoms with van der Waals surface area (Å²) in [6.07, 6.45) is -1.83. The van der Waals surface area contributed by atoms with Crippen molar-refractivity contribution in [3.8, 4) is 0 Å². The molecule has 0 aliphatic rings. The first-order chi connectivity index (χ1) is 16.2. The van der Waals surface area contributed by atoms with Crippen molar-refractivity contribution in [2.24, 2.45) is 5.14 Å². The summed E-state index contributed by atoms with van der Waals surface area (Å²) >= 11 is 6.39. The Morgan fingerprint density at radius 2 is 1.80 bits per heavy atom. The first-order valence-corrected chi connectivity index (χ1v) is 11.9. The first-order valence-electron chi connectivity index (χ1n) is 9.16. The van der Waals surface area contributed by atoms with Crippen LogP contribution in [-0.4, -0.2) is 40.2 Å². The van der Waals surface area contributed by atoms with Crippen LogP contribution in [0.5, 0.6) is 0 Å².